The first-order valence-corrected chi connectivity index (χ1v) is 8.52. The number of nitrogens with one attached hydrogen (secondary N) is 1. The zero-order valence-corrected chi connectivity index (χ0v) is 14.4. The van der Waals surface area contributed by atoms with E-state index in [1.165, 1.54) is 11.3 Å². The summed E-state index contributed by atoms with van der Waals surface area (Å²) in [4.78, 5) is 16.9. The summed E-state index contributed by atoms with van der Waals surface area (Å²) in [6, 6.07) is 18.7. The molecule has 0 saturated carbocycles. The predicted octanol–water partition coefficient (Wildman–Crippen LogP) is 3.14. The van der Waals surface area contributed by atoms with Crippen molar-refractivity contribution in [3.05, 3.63) is 60.2 Å². The van der Waals surface area contributed by atoms with Gasteiger partial charge in [0.2, 0.25) is 5.91 Å². The van der Waals surface area contributed by atoms with Crippen LogP contribution in [0.15, 0.2) is 54.6 Å². The van der Waals surface area contributed by atoms with E-state index in [4.69, 9.17) is 0 Å². The van der Waals surface area contributed by atoms with Crippen molar-refractivity contribution in [2.75, 3.05) is 36.4 Å². The monoisotopic (exact) mass is 323 g/mol. The molecule has 2 aromatic rings. The van der Waals surface area contributed by atoms with Crippen LogP contribution in [0.5, 0.6) is 0 Å². The third-order valence-electron chi connectivity index (χ3n) is 4.50. The van der Waals surface area contributed by atoms with Crippen LogP contribution >= 0.6 is 0 Å². The van der Waals surface area contributed by atoms with Crippen molar-refractivity contribution in [3.63, 3.8) is 0 Å². The minimum Gasteiger partial charge on any atom is -0.366 e. The van der Waals surface area contributed by atoms with E-state index in [1.54, 1.807) is 0 Å². The average molecular weight is 323 g/mol. The van der Waals surface area contributed by atoms with Gasteiger partial charge < -0.3 is 10.2 Å². The van der Waals surface area contributed by atoms with E-state index in [0.29, 0.717) is 12.6 Å². The number of anilines is 2. The molecule has 1 N–H and O–H groups in total. The number of rotatable bonds is 4. The minimum atomic E-state index is 0.0529. The number of para-hydroxylation sites is 1. The molecule has 4 nitrogen and oxygen atoms in total. The normalized spacial score (nSPS) is 18.4. The van der Waals surface area contributed by atoms with Crippen molar-refractivity contribution in [1.82, 2.24) is 4.90 Å². The molecular formula is C20H25N3O. The van der Waals surface area contributed by atoms with Gasteiger partial charge in [-0.15, -0.1) is 0 Å². The molecule has 0 bridgehead atoms. The molecule has 1 fully saturated rings. The van der Waals surface area contributed by atoms with Crippen LogP contribution < -0.4 is 10.2 Å². The highest BCUT2D eigenvalue weighted by Gasteiger charge is 2.25. The van der Waals surface area contributed by atoms with Crippen LogP contribution in [0.4, 0.5) is 11.4 Å². The lowest BCUT2D eigenvalue weighted by atomic mass is 10.1. The van der Waals surface area contributed by atoms with Gasteiger partial charge in [-0.05, 0) is 38.1 Å². The van der Waals surface area contributed by atoms with Crippen LogP contribution in [0.2, 0.25) is 0 Å². The highest BCUT2D eigenvalue weighted by atomic mass is 16.2. The van der Waals surface area contributed by atoms with Crippen LogP contribution in [0.3, 0.4) is 0 Å². The SMILES string of the molecule is Cc1ccc(N2CCN(CC(=O)Nc3ccccc3)CC2C)cc1. The Hall–Kier alpha value is -2.33. The molecule has 126 valence electrons. The summed E-state index contributed by atoms with van der Waals surface area (Å²) in [6.45, 7) is 7.53. The average Bonchev–Trinajstić information content (AvgIpc) is 2.57. The van der Waals surface area contributed by atoms with Gasteiger partial charge in [-0.25, -0.2) is 0 Å². The lowest BCUT2D eigenvalue weighted by Crippen LogP contribution is -2.53. The van der Waals surface area contributed by atoms with Gasteiger partial charge in [0.15, 0.2) is 0 Å². The van der Waals surface area contributed by atoms with E-state index in [1.807, 2.05) is 30.3 Å². The molecule has 0 aromatic heterocycles. The summed E-state index contributed by atoms with van der Waals surface area (Å²) in [5.41, 5.74) is 3.40. The molecule has 2 aromatic carbocycles. The number of carbonyl (C=O) groups excluding carboxylic acids is 1. The smallest absolute Gasteiger partial charge is 0.238 e. The molecule has 3 rings (SSSR count). The molecule has 0 spiro atoms. The van der Waals surface area contributed by atoms with Gasteiger partial charge in [-0.3, -0.25) is 9.69 Å². The molecule has 1 saturated heterocycles. The lowest BCUT2D eigenvalue weighted by Gasteiger charge is -2.41. The molecule has 1 heterocycles. The summed E-state index contributed by atoms with van der Waals surface area (Å²) >= 11 is 0. The Bertz CT molecular complexity index is 669. The Morgan fingerprint density at radius 1 is 1.08 bits per heavy atom. The number of hydrogen-bond acceptors (Lipinski definition) is 3. The molecule has 1 unspecified atom stereocenters. The first-order chi connectivity index (χ1) is 11.6. The van der Waals surface area contributed by atoms with Crippen LogP contribution in [-0.4, -0.2) is 43.0 Å². The van der Waals surface area contributed by atoms with Crippen molar-refractivity contribution < 1.29 is 4.79 Å². The van der Waals surface area contributed by atoms with Gasteiger partial charge >= 0.3 is 0 Å². The molecule has 24 heavy (non-hydrogen) atoms. The summed E-state index contributed by atoms with van der Waals surface area (Å²) < 4.78 is 0. The van der Waals surface area contributed by atoms with Crippen molar-refractivity contribution in [2.24, 2.45) is 0 Å². The molecule has 1 aliphatic rings. The zero-order chi connectivity index (χ0) is 16.9. The Morgan fingerprint density at radius 3 is 2.46 bits per heavy atom. The maximum Gasteiger partial charge on any atom is 0.238 e. The summed E-state index contributed by atoms with van der Waals surface area (Å²) in [6.07, 6.45) is 0. The summed E-state index contributed by atoms with van der Waals surface area (Å²) in [7, 11) is 0. The first-order valence-electron chi connectivity index (χ1n) is 8.52. The molecule has 0 aliphatic carbocycles. The van der Waals surface area contributed by atoms with Crippen molar-refractivity contribution in [3.8, 4) is 0 Å². The molecular weight excluding hydrogens is 298 g/mol. The van der Waals surface area contributed by atoms with Crippen LogP contribution in [-0.2, 0) is 4.79 Å². The summed E-state index contributed by atoms with van der Waals surface area (Å²) in [5, 5.41) is 2.96. The van der Waals surface area contributed by atoms with Crippen LogP contribution in [0.25, 0.3) is 0 Å². The second-order valence-corrected chi connectivity index (χ2v) is 6.53. The number of piperazine rings is 1. The minimum absolute atomic E-state index is 0.0529. The third-order valence-corrected chi connectivity index (χ3v) is 4.50. The Morgan fingerprint density at radius 2 is 1.79 bits per heavy atom. The topological polar surface area (TPSA) is 35.6 Å². The molecule has 4 heteroatoms. The van der Waals surface area contributed by atoms with E-state index in [-0.39, 0.29) is 5.91 Å². The van der Waals surface area contributed by atoms with E-state index in [2.05, 4.69) is 53.2 Å². The third kappa shape index (κ3) is 4.15. The highest BCUT2D eigenvalue weighted by Crippen LogP contribution is 2.21. The van der Waals surface area contributed by atoms with E-state index < -0.39 is 0 Å². The Balaban J connectivity index is 1.53. The fourth-order valence-corrected chi connectivity index (χ4v) is 3.22. The zero-order valence-electron chi connectivity index (χ0n) is 14.4. The maximum absolute atomic E-state index is 12.2. The van der Waals surface area contributed by atoms with Crippen molar-refractivity contribution in [1.29, 1.82) is 0 Å². The molecule has 1 aliphatic heterocycles. The second-order valence-electron chi connectivity index (χ2n) is 6.53. The number of nitrogens with zero attached hydrogens (tertiary/aromatic N) is 2. The fraction of sp³-hybridized carbons (Fsp3) is 0.350. The Kier molecular flexibility index (Phi) is 5.16. The summed E-state index contributed by atoms with van der Waals surface area (Å²) in [5.74, 6) is 0.0529. The molecule has 1 atom stereocenters. The number of carbonyl (C=O) groups is 1. The van der Waals surface area contributed by atoms with Crippen molar-refractivity contribution >= 4 is 17.3 Å². The Labute approximate surface area is 144 Å². The number of hydrogen-bond donors (Lipinski definition) is 1. The molecule has 1 amide bonds. The van der Waals surface area contributed by atoms with Crippen LogP contribution in [0.1, 0.15) is 12.5 Å². The van der Waals surface area contributed by atoms with Gasteiger partial charge in [-0.1, -0.05) is 35.9 Å². The second kappa shape index (κ2) is 7.49. The highest BCUT2D eigenvalue weighted by molar-refractivity contribution is 5.92. The molecule has 0 radical (unpaired) electrons. The van der Waals surface area contributed by atoms with Crippen LogP contribution in [0, 0.1) is 6.92 Å². The maximum atomic E-state index is 12.2. The standard InChI is InChI=1S/C20H25N3O/c1-16-8-10-19(11-9-16)23-13-12-22(14-17(23)2)15-20(24)21-18-6-4-3-5-7-18/h3-11,17H,12-15H2,1-2H3,(H,21,24). The number of benzene rings is 2. The van der Waals surface area contributed by atoms with Gasteiger partial charge in [0, 0.05) is 37.1 Å². The van der Waals surface area contributed by atoms with E-state index in [9.17, 15) is 4.79 Å². The van der Waals surface area contributed by atoms with E-state index >= 15 is 0 Å². The van der Waals surface area contributed by atoms with Crippen molar-refractivity contribution in [2.45, 2.75) is 19.9 Å². The number of aryl methyl sites for hydroxylation is 1. The largest absolute Gasteiger partial charge is 0.366 e. The predicted molar refractivity (Wildman–Crippen MR) is 99.5 cm³/mol. The van der Waals surface area contributed by atoms with Gasteiger partial charge in [-0.2, -0.15) is 0 Å². The van der Waals surface area contributed by atoms with Gasteiger partial charge in [0.05, 0.1) is 6.54 Å². The van der Waals surface area contributed by atoms with Gasteiger partial charge in [0.1, 0.15) is 0 Å². The first kappa shape index (κ1) is 16.5. The van der Waals surface area contributed by atoms with Gasteiger partial charge in [0.25, 0.3) is 0 Å². The lowest BCUT2D eigenvalue weighted by molar-refractivity contribution is -0.117. The quantitative estimate of drug-likeness (QED) is 0.939. The fourth-order valence-electron chi connectivity index (χ4n) is 3.22. The van der Waals surface area contributed by atoms with E-state index in [0.717, 1.165) is 25.3 Å². The number of amides is 1.